The van der Waals surface area contributed by atoms with Crippen LogP contribution >= 0.6 is 0 Å². The number of rotatable bonds is 6. The molecule has 0 amide bonds. The summed E-state index contributed by atoms with van der Waals surface area (Å²) in [7, 11) is 1.93. The van der Waals surface area contributed by atoms with E-state index in [1.807, 2.05) is 25.9 Å². The highest BCUT2D eigenvalue weighted by Gasteiger charge is 2.23. The molecule has 3 rings (SSSR count). The number of nitrogens with one attached hydrogen (secondary N) is 1. The van der Waals surface area contributed by atoms with Gasteiger partial charge in [-0.15, -0.1) is 5.11 Å². The molecule has 0 aliphatic heterocycles. The summed E-state index contributed by atoms with van der Waals surface area (Å²) in [6.45, 7) is 14.2. The van der Waals surface area contributed by atoms with Crippen molar-refractivity contribution in [3.05, 3.63) is 83.1 Å². The van der Waals surface area contributed by atoms with Crippen molar-refractivity contribution in [1.82, 2.24) is 10.3 Å². The van der Waals surface area contributed by atoms with Crippen molar-refractivity contribution >= 4 is 11.8 Å². The maximum absolute atomic E-state index is 4.60. The third-order valence-corrected chi connectivity index (χ3v) is 4.97. The summed E-state index contributed by atoms with van der Waals surface area (Å²) in [4.78, 5) is 0. The third kappa shape index (κ3) is 5.57. The van der Waals surface area contributed by atoms with Crippen LogP contribution in [0.1, 0.15) is 55.9 Å². The molecule has 2 aromatic carbocycles. The molecule has 0 saturated carbocycles. The van der Waals surface area contributed by atoms with Crippen molar-refractivity contribution in [2.45, 2.75) is 40.0 Å². The Balaban J connectivity index is 0.00000145. The molecule has 1 aliphatic carbocycles. The monoisotopic (exact) mass is 390 g/mol. The summed E-state index contributed by atoms with van der Waals surface area (Å²) in [5.74, 6) is 0.185. The molecule has 0 saturated heterocycles. The van der Waals surface area contributed by atoms with E-state index in [4.69, 9.17) is 0 Å². The van der Waals surface area contributed by atoms with E-state index in [-0.39, 0.29) is 5.92 Å². The molecule has 0 bridgehead atoms. The number of likely N-dealkylation sites (N-methyl/N-ethyl adjacent to an activating group) is 1. The Morgan fingerprint density at radius 3 is 2.52 bits per heavy atom. The summed E-state index contributed by atoms with van der Waals surface area (Å²) in [5.41, 5.74) is 6.77. The van der Waals surface area contributed by atoms with Gasteiger partial charge >= 0.3 is 0 Å². The molecule has 4 heteroatoms. The fraction of sp³-hybridized carbons (Fsp3) is 0.360. The Labute approximate surface area is 176 Å². The molecule has 4 nitrogen and oxygen atoms in total. The fourth-order valence-corrected chi connectivity index (χ4v) is 3.38. The smallest absolute Gasteiger partial charge is 0.0955 e. The molecule has 1 unspecified atom stereocenters. The van der Waals surface area contributed by atoms with Gasteiger partial charge in [0.15, 0.2) is 0 Å². The van der Waals surface area contributed by atoms with Crippen LogP contribution in [-0.2, 0) is 6.42 Å². The van der Waals surface area contributed by atoms with Gasteiger partial charge in [-0.05, 0) is 43.0 Å². The van der Waals surface area contributed by atoms with Gasteiger partial charge in [-0.1, -0.05) is 74.2 Å². The standard InChI is InChI=1S/C23H28N4.C2H6/c1-5-24-17(3)22-15-18-11-7-8-12-19(18)16-23(25-26-27(4)6-2)21-14-10-9-13-20(21)22;1-2/h7-14,16,22,24H,3,5-6,15H2,1-2,4H3;1-2H3/b23-16+,26-25?;. The highest BCUT2D eigenvalue weighted by atomic mass is 15.5. The minimum Gasteiger partial charge on any atom is -0.389 e. The van der Waals surface area contributed by atoms with Crippen LogP contribution in [-0.4, -0.2) is 25.1 Å². The fourth-order valence-electron chi connectivity index (χ4n) is 3.38. The van der Waals surface area contributed by atoms with E-state index in [9.17, 15) is 0 Å². The number of hydrogen-bond donors (Lipinski definition) is 1. The summed E-state index contributed by atoms with van der Waals surface area (Å²) < 4.78 is 0. The summed E-state index contributed by atoms with van der Waals surface area (Å²) in [6.07, 6.45) is 3.06. The Morgan fingerprint density at radius 1 is 1.10 bits per heavy atom. The van der Waals surface area contributed by atoms with Crippen LogP contribution < -0.4 is 5.32 Å². The van der Waals surface area contributed by atoms with Crippen LogP contribution in [0.3, 0.4) is 0 Å². The molecule has 0 aromatic heterocycles. The van der Waals surface area contributed by atoms with Crippen LogP contribution in [0.5, 0.6) is 0 Å². The first kappa shape index (κ1) is 22.4. The normalized spacial score (nSPS) is 16.9. The van der Waals surface area contributed by atoms with Gasteiger partial charge in [0, 0.05) is 37.3 Å². The van der Waals surface area contributed by atoms with Gasteiger partial charge < -0.3 is 5.32 Å². The first-order valence-corrected chi connectivity index (χ1v) is 10.6. The van der Waals surface area contributed by atoms with Crippen LogP contribution in [0.25, 0.3) is 11.8 Å². The van der Waals surface area contributed by atoms with Crippen molar-refractivity contribution in [3.63, 3.8) is 0 Å². The minimum absolute atomic E-state index is 0.185. The van der Waals surface area contributed by atoms with Gasteiger partial charge in [0.05, 0.1) is 5.70 Å². The van der Waals surface area contributed by atoms with Crippen molar-refractivity contribution in [2.75, 3.05) is 20.1 Å². The lowest BCUT2D eigenvalue weighted by atomic mass is 9.82. The van der Waals surface area contributed by atoms with Crippen LogP contribution in [0.4, 0.5) is 0 Å². The average Bonchev–Trinajstić information content (AvgIpc) is 2.75. The average molecular weight is 391 g/mol. The maximum atomic E-state index is 4.60. The maximum Gasteiger partial charge on any atom is 0.0955 e. The molecule has 1 N–H and O–H groups in total. The van der Waals surface area contributed by atoms with Gasteiger partial charge in [-0.3, -0.25) is 5.01 Å². The molecular formula is C25H34N4. The van der Waals surface area contributed by atoms with Crippen LogP contribution in [0.15, 0.2) is 71.1 Å². The second kappa shape index (κ2) is 11.2. The SMILES string of the molecule is C=C(NCC)C1Cc2ccccc2/C=C(/N=NN(C)CC)c2ccccc21.CC. The van der Waals surface area contributed by atoms with E-state index >= 15 is 0 Å². The largest absolute Gasteiger partial charge is 0.389 e. The molecule has 29 heavy (non-hydrogen) atoms. The second-order valence-electron chi connectivity index (χ2n) is 6.79. The topological polar surface area (TPSA) is 40.0 Å². The molecule has 0 heterocycles. The molecule has 0 spiro atoms. The predicted octanol–water partition coefficient (Wildman–Crippen LogP) is 6.29. The summed E-state index contributed by atoms with van der Waals surface area (Å²) in [5, 5.41) is 14.2. The van der Waals surface area contributed by atoms with Gasteiger partial charge in [0.1, 0.15) is 0 Å². The zero-order valence-corrected chi connectivity index (χ0v) is 18.4. The predicted molar refractivity (Wildman–Crippen MR) is 125 cm³/mol. The lowest BCUT2D eigenvalue weighted by Gasteiger charge is -2.26. The van der Waals surface area contributed by atoms with E-state index in [0.29, 0.717) is 0 Å². The van der Waals surface area contributed by atoms with E-state index in [1.54, 1.807) is 0 Å². The van der Waals surface area contributed by atoms with Crippen molar-refractivity contribution in [2.24, 2.45) is 10.3 Å². The Kier molecular flexibility index (Phi) is 8.66. The van der Waals surface area contributed by atoms with Crippen LogP contribution in [0.2, 0.25) is 0 Å². The van der Waals surface area contributed by atoms with Crippen molar-refractivity contribution in [1.29, 1.82) is 0 Å². The highest BCUT2D eigenvalue weighted by Crippen LogP contribution is 2.37. The molecule has 1 atom stereocenters. The quantitative estimate of drug-likeness (QED) is 0.465. The van der Waals surface area contributed by atoms with Crippen molar-refractivity contribution in [3.8, 4) is 0 Å². The van der Waals surface area contributed by atoms with E-state index in [0.717, 1.165) is 36.5 Å². The van der Waals surface area contributed by atoms with E-state index < -0.39 is 0 Å². The van der Waals surface area contributed by atoms with Crippen molar-refractivity contribution < 1.29 is 0 Å². The number of nitrogens with zero attached hydrogens (tertiary/aromatic N) is 3. The lowest BCUT2D eigenvalue weighted by Crippen LogP contribution is -2.21. The number of hydrogen-bond acceptors (Lipinski definition) is 3. The zero-order chi connectivity index (χ0) is 21.2. The van der Waals surface area contributed by atoms with Gasteiger partial charge in [-0.25, -0.2) is 0 Å². The second-order valence-corrected chi connectivity index (χ2v) is 6.79. The Hall–Kier alpha value is -2.88. The first-order valence-electron chi connectivity index (χ1n) is 10.6. The number of allylic oxidation sites excluding steroid dienone is 1. The third-order valence-electron chi connectivity index (χ3n) is 4.97. The van der Waals surface area contributed by atoms with E-state index in [2.05, 4.69) is 90.7 Å². The first-order chi connectivity index (χ1) is 14.1. The minimum atomic E-state index is 0.185. The molecular weight excluding hydrogens is 356 g/mol. The highest BCUT2D eigenvalue weighted by molar-refractivity contribution is 5.84. The number of benzene rings is 2. The summed E-state index contributed by atoms with van der Waals surface area (Å²) >= 11 is 0. The molecule has 1 aliphatic rings. The lowest BCUT2D eigenvalue weighted by molar-refractivity contribution is 0.351. The van der Waals surface area contributed by atoms with Gasteiger partial charge in [0.25, 0.3) is 0 Å². The molecule has 0 fully saturated rings. The molecule has 154 valence electrons. The van der Waals surface area contributed by atoms with Crippen LogP contribution in [0, 0.1) is 0 Å². The van der Waals surface area contributed by atoms with Gasteiger partial charge in [-0.2, -0.15) is 0 Å². The Bertz CT molecular complexity index is 867. The molecule has 2 aromatic rings. The Morgan fingerprint density at radius 2 is 1.79 bits per heavy atom. The van der Waals surface area contributed by atoms with Gasteiger partial charge in [0.2, 0.25) is 0 Å². The summed E-state index contributed by atoms with van der Waals surface area (Å²) in [6, 6.07) is 17.0. The zero-order valence-electron chi connectivity index (χ0n) is 18.4. The van der Waals surface area contributed by atoms with E-state index in [1.165, 1.54) is 16.7 Å². The number of fused-ring (bicyclic) bond motifs is 2. The molecule has 0 radical (unpaired) electrons.